The van der Waals surface area contributed by atoms with E-state index in [2.05, 4.69) is 17.3 Å². The minimum Gasteiger partial charge on any atom is -0.375 e. The number of rotatable bonds is 5. The van der Waals surface area contributed by atoms with E-state index in [0.29, 0.717) is 13.0 Å². The van der Waals surface area contributed by atoms with Gasteiger partial charge in [0.1, 0.15) is 0 Å². The topological polar surface area (TPSA) is 41.6 Å². The Morgan fingerprint density at radius 2 is 2.56 bits per heavy atom. The number of carbonyl (C=O) groups excluding carboxylic acids is 1. The minimum atomic E-state index is 0.0987. The van der Waals surface area contributed by atoms with E-state index in [1.54, 1.807) is 11.3 Å². The van der Waals surface area contributed by atoms with Crippen LogP contribution < -0.4 is 5.32 Å². The molecule has 0 spiro atoms. The number of likely N-dealkylation sites (N-methyl/N-ethyl adjacent to an activating group) is 1. The molecule has 0 saturated carbocycles. The van der Waals surface area contributed by atoms with Crippen LogP contribution in [0.15, 0.2) is 17.5 Å². The molecule has 0 bridgehead atoms. The van der Waals surface area contributed by atoms with E-state index in [1.165, 1.54) is 0 Å². The number of hydrogen-bond acceptors (Lipinski definition) is 4. The largest absolute Gasteiger partial charge is 0.375 e. The van der Waals surface area contributed by atoms with Gasteiger partial charge in [0.25, 0.3) is 0 Å². The third-order valence-electron chi connectivity index (χ3n) is 3.05. The summed E-state index contributed by atoms with van der Waals surface area (Å²) in [6.07, 6.45) is 1.63. The molecule has 1 unspecified atom stereocenters. The van der Waals surface area contributed by atoms with E-state index in [-0.39, 0.29) is 12.0 Å². The lowest BCUT2D eigenvalue weighted by Gasteiger charge is -2.30. The number of amides is 1. The van der Waals surface area contributed by atoms with Crippen LogP contribution in [0.5, 0.6) is 0 Å². The van der Waals surface area contributed by atoms with E-state index >= 15 is 0 Å². The summed E-state index contributed by atoms with van der Waals surface area (Å²) >= 11 is 1.62. The van der Waals surface area contributed by atoms with Crippen LogP contribution >= 0.6 is 11.3 Å². The van der Waals surface area contributed by atoms with Crippen LogP contribution in [-0.2, 0) is 16.0 Å². The van der Waals surface area contributed by atoms with Crippen molar-refractivity contribution in [3.05, 3.63) is 22.4 Å². The van der Waals surface area contributed by atoms with Gasteiger partial charge in [-0.15, -0.1) is 11.3 Å². The van der Waals surface area contributed by atoms with Crippen molar-refractivity contribution in [2.24, 2.45) is 0 Å². The molecule has 1 aliphatic heterocycles. The van der Waals surface area contributed by atoms with E-state index in [4.69, 9.17) is 4.74 Å². The molecule has 0 aliphatic carbocycles. The number of morpholine rings is 1. The molecule has 1 N–H and O–H groups in total. The molecule has 2 heterocycles. The van der Waals surface area contributed by atoms with Crippen LogP contribution in [0.2, 0.25) is 0 Å². The highest BCUT2D eigenvalue weighted by molar-refractivity contribution is 7.10. The van der Waals surface area contributed by atoms with Gasteiger partial charge in [0, 0.05) is 24.5 Å². The Hall–Kier alpha value is -0.910. The zero-order valence-electron chi connectivity index (χ0n) is 10.7. The zero-order chi connectivity index (χ0) is 12.8. The predicted octanol–water partition coefficient (Wildman–Crippen LogP) is 1.13. The van der Waals surface area contributed by atoms with Crippen LogP contribution in [0.25, 0.3) is 0 Å². The summed E-state index contributed by atoms with van der Waals surface area (Å²) in [6, 6.07) is 3.96. The lowest BCUT2D eigenvalue weighted by atomic mass is 10.2. The van der Waals surface area contributed by atoms with Crippen molar-refractivity contribution in [1.82, 2.24) is 10.2 Å². The highest BCUT2D eigenvalue weighted by Gasteiger charge is 2.17. The van der Waals surface area contributed by atoms with E-state index < -0.39 is 0 Å². The number of ether oxygens (including phenoxy) is 1. The fraction of sp³-hybridized carbons (Fsp3) is 0.615. The third-order valence-corrected chi connectivity index (χ3v) is 3.92. The lowest BCUT2D eigenvalue weighted by molar-refractivity contribution is -0.120. The zero-order valence-corrected chi connectivity index (χ0v) is 11.5. The average Bonchev–Trinajstić information content (AvgIpc) is 2.82. The second-order valence-corrected chi connectivity index (χ2v) is 5.68. The minimum absolute atomic E-state index is 0.0987. The summed E-state index contributed by atoms with van der Waals surface area (Å²) in [4.78, 5) is 15.0. The molecule has 0 radical (unpaired) electrons. The quantitative estimate of drug-likeness (QED) is 0.870. The maximum atomic E-state index is 11.7. The standard InChI is InChI=1S/C13H20N2O2S/c1-15-6-7-17-11(10-15)4-5-14-13(16)9-12-3-2-8-18-12/h2-3,8,11H,4-7,9-10H2,1H3,(H,14,16). The Labute approximate surface area is 112 Å². The van der Waals surface area contributed by atoms with Gasteiger partial charge < -0.3 is 15.0 Å². The maximum Gasteiger partial charge on any atom is 0.225 e. The second kappa shape index (κ2) is 6.87. The van der Waals surface area contributed by atoms with Gasteiger partial charge in [-0.05, 0) is 24.9 Å². The first-order valence-electron chi connectivity index (χ1n) is 6.33. The molecule has 1 aromatic heterocycles. The van der Waals surface area contributed by atoms with Gasteiger partial charge in [-0.1, -0.05) is 6.07 Å². The molecule has 2 rings (SSSR count). The number of hydrogen-bond donors (Lipinski definition) is 1. The lowest BCUT2D eigenvalue weighted by Crippen LogP contribution is -2.41. The number of thiophene rings is 1. The first-order chi connectivity index (χ1) is 8.74. The summed E-state index contributed by atoms with van der Waals surface area (Å²) in [6.45, 7) is 3.45. The smallest absolute Gasteiger partial charge is 0.225 e. The van der Waals surface area contributed by atoms with E-state index in [9.17, 15) is 4.79 Å². The molecular weight excluding hydrogens is 248 g/mol. The molecule has 100 valence electrons. The van der Waals surface area contributed by atoms with Crippen LogP contribution in [-0.4, -0.2) is 50.2 Å². The predicted molar refractivity (Wildman–Crippen MR) is 72.9 cm³/mol. The van der Waals surface area contributed by atoms with Crippen molar-refractivity contribution in [2.45, 2.75) is 18.9 Å². The Bertz CT molecular complexity index is 367. The van der Waals surface area contributed by atoms with Crippen molar-refractivity contribution in [3.63, 3.8) is 0 Å². The molecule has 1 amide bonds. The maximum absolute atomic E-state index is 11.7. The second-order valence-electron chi connectivity index (χ2n) is 4.65. The van der Waals surface area contributed by atoms with E-state index in [1.807, 2.05) is 17.5 Å². The number of nitrogens with one attached hydrogen (secondary N) is 1. The molecule has 1 aromatic rings. The molecular formula is C13H20N2O2S. The van der Waals surface area contributed by atoms with Crippen molar-refractivity contribution in [3.8, 4) is 0 Å². The van der Waals surface area contributed by atoms with Gasteiger partial charge >= 0.3 is 0 Å². The SMILES string of the molecule is CN1CCOC(CCNC(=O)Cc2cccs2)C1. The van der Waals surface area contributed by atoms with Crippen molar-refractivity contribution in [1.29, 1.82) is 0 Å². The molecule has 1 atom stereocenters. The fourth-order valence-electron chi connectivity index (χ4n) is 2.05. The Balaban J connectivity index is 1.61. The van der Waals surface area contributed by atoms with Crippen molar-refractivity contribution in [2.75, 3.05) is 33.3 Å². The summed E-state index contributed by atoms with van der Waals surface area (Å²) in [5.41, 5.74) is 0. The summed E-state index contributed by atoms with van der Waals surface area (Å²) < 4.78 is 5.65. The molecule has 1 saturated heterocycles. The van der Waals surface area contributed by atoms with Gasteiger partial charge in [-0.2, -0.15) is 0 Å². The molecule has 4 nitrogen and oxygen atoms in total. The molecule has 5 heteroatoms. The van der Waals surface area contributed by atoms with Gasteiger partial charge in [0.05, 0.1) is 19.1 Å². The highest BCUT2D eigenvalue weighted by Crippen LogP contribution is 2.09. The van der Waals surface area contributed by atoms with Gasteiger partial charge in [-0.3, -0.25) is 4.79 Å². The van der Waals surface area contributed by atoms with Gasteiger partial charge in [-0.25, -0.2) is 0 Å². The normalized spacial score (nSPS) is 20.8. The fourth-order valence-corrected chi connectivity index (χ4v) is 2.75. The summed E-state index contributed by atoms with van der Waals surface area (Å²) in [5.74, 6) is 0.0987. The highest BCUT2D eigenvalue weighted by atomic mass is 32.1. The third kappa shape index (κ3) is 4.40. The first kappa shape index (κ1) is 13.5. The molecule has 0 aromatic carbocycles. The Morgan fingerprint density at radius 1 is 1.67 bits per heavy atom. The number of carbonyl (C=O) groups is 1. The number of nitrogens with zero attached hydrogens (tertiary/aromatic N) is 1. The van der Waals surface area contributed by atoms with Gasteiger partial charge in [0.2, 0.25) is 5.91 Å². The van der Waals surface area contributed by atoms with Crippen molar-refractivity contribution < 1.29 is 9.53 Å². The molecule has 18 heavy (non-hydrogen) atoms. The summed E-state index contributed by atoms with van der Waals surface area (Å²) in [5, 5.41) is 4.95. The monoisotopic (exact) mass is 268 g/mol. The molecule has 1 aliphatic rings. The first-order valence-corrected chi connectivity index (χ1v) is 7.21. The van der Waals surface area contributed by atoms with Crippen LogP contribution in [0.3, 0.4) is 0 Å². The molecule has 1 fully saturated rings. The average molecular weight is 268 g/mol. The Kier molecular flexibility index (Phi) is 5.16. The summed E-state index contributed by atoms with van der Waals surface area (Å²) in [7, 11) is 2.10. The van der Waals surface area contributed by atoms with Gasteiger partial charge in [0.15, 0.2) is 0 Å². The van der Waals surface area contributed by atoms with E-state index in [0.717, 1.165) is 31.0 Å². The van der Waals surface area contributed by atoms with Crippen LogP contribution in [0, 0.1) is 0 Å². The van der Waals surface area contributed by atoms with Crippen molar-refractivity contribution >= 4 is 17.2 Å². The van der Waals surface area contributed by atoms with Crippen LogP contribution in [0.1, 0.15) is 11.3 Å². The van der Waals surface area contributed by atoms with Crippen LogP contribution in [0.4, 0.5) is 0 Å². The Morgan fingerprint density at radius 3 is 3.28 bits per heavy atom.